The maximum atomic E-state index is 12.7. The van der Waals surface area contributed by atoms with Gasteiger partial charge in [-0.25, -0.2) is 8.42 Å². The van der Waals surface area contributed by atoms with Crippen molar-refractivity contribution in [3.63, 3.8) is 0 Å². The molecular formula is C13H24N4O2S. The van der Waals surface area contributed by atoms with Crippen molar-refractivity contribution in [3.8, 4) is 0 Å². The third-order valence-electron chi connectivity index (χ3n) is 3.77. The molecule has 2 rings (SSSR count). The van der Waals surface area contributed by atoms with E-state index in [0.717, 1.165) is 32.4 Å². The summed E-state index contributed by atoms with van der Waals surface area (Å²) >= 11 is 0. The van der Waals surface area contributed by atoms with E-state index in [1.807, 2.05) is 6.92 Å². The molecule has 0 atom stereocenters. The van der Waals surface area contributed by atoms with E-state index in [2.05, 4.69) is 10.4 Å². The lowest BCUT2D eigenvalue weighted by Gasteiger charge is -2.29. The maximum absolute atomic E-state index is 12.7. The first kappa shape index (κ1) is 15.5. The third-order valence-corrected chi connectivity index (χ3v) is 5.71. The average Bonchev–Trinajstić information content (AvgIpc) is 2.86. The van der Waals surface area contributed by atoms with Gasteiger partial charge in [0.05, 0.1) is 6.20 Å². The van der Waals surface area contributed by atoms with Gasteiger partial charge in [0, 0.05) is 20.1 Å². The number of nitrogens with one attached hydrogen (secondary N) is 1. The summed E-state index contributed by atoms with van der Waals surface area (Å²) in [6.07, 6.45) is 4.44. The number of piperidine rings is 1. The van der Waals surface area contributed by atoms with Gasteiger partial charge in [-0.05, 0) is 44.3 Å². The van der Waals surface area contributed by atoms with E-state index in [1.54, 1.807) is 17.4 Å². The highest BCUT2D eigenvalue weighted by Crippen LogP contribution is 2.20. The molecule has 1 fully saturated rings. The minimum atomic E-state index is -3.44. The molecule has 0 saturated carbocycles. The Morgan fingerprint density at radius 1 is 1.45 bits per heavy atom. The molecule has 114 valence electrons. The molecule has 1 aliphatic heterocycles. The monoisotopic (exact) mass is 300 g/mol. The molecule has 0 aromatic carbocycles. The number of rotatable bonds is 6. The Labute approximate surface area is 121 Å². The number of aromatic nitrogens is 2. The maximum Gasteiger partial charge on any atom is 0.260 e. The minimum absolute atomic E-state index is 0.278. The zero-order valence-electron chi connectivity index (χ0n) is 12.2. The van der Waals surface area contributed by atoms with Crippen molar-refractivity contribution in [1.29, 1.82) is 0 Å². The molecule has 20 heavy (non-hydrogen) atoms. The predicted octanol–water partition coefficient (Wildman–Crippen LogP) is 0.820. The molecule has 0 bridgehead atoms. The summed E-state index contributed by atoms with van der Waals surface area (Å²) < 4.78 is 28.5. The first-order chi connectivity index (χ1) is 9.55. The lowest BCUT2D eigenvalue weighted by atomic mass is 9.98. The van der Waals surface area contributed by atoms with E-state index < -0.39 is 10.0 Å². The van der Waals surface area contributed by atoms with Gasteiger partial charge in [-0.2, -0.15) is 9.40 Å². The van der Waals surface area contributed by atoms with Gasteiger partial charge in [-0.3, -0.25) is 4.68 Å². The fourth-order valence-electron chi connectivity index (χ4n) is 2.66. The number of aryl methyl sites for hydroxylation is 1. The summed E-state index contributed by atoms with van der Waals surface area (Å²) in [6.45, 7) is 5.15. The lowest BCUT2D eigenvalue weighted by Crippen LogP contribution is -2.40. The van der Waals surface area contributed by atoms with Gasteiger partial charge >= 0.3 is 0 Å². The van der Waals surface area contributed by atoms with Crippen LogP contribution in [0.4, 0.5) is 0 Å². The van der Waals surface area contributed by atoms with Crippen LogP contribution in [0.15, 0.2) is 17.3 Å². The van der Waals surface area contributed by atoms with Gasteiger partial charge in [-0.15, -0.1) is 0 Å². The Balaban J connectivity index is 2.16. The highest BCUT2D eigenvalue weighted by Gasteiger charge is 2.29. The van der Waals surface area contributed by atoms with Crippen molar-refractivity contribution >= 4 is 10.0 Å². The molecular weight excluding hydrogens is 276 g/mol. The second-order valence-electron chi connectivity index (χ2n) is 5.35. The number of hydrogen-bond acceptors (Lipinski definition) is 4. The topological polar surface area (TPSA) is 67.2 Å². The summed E-state index contributed by atoms with van der Waals surface area (Å²) in [6, 6.07) is 1.57. The van der Waals surface area contributed by atoms with Gasteiger partial charge in [0.15, 0.2) is 5.03 Å². The Hall–Kier alpha value is -0.920. The molecule has 6 nitrogen and oxygen atoms in total. The number of hydrogen-bond donors (Lipinski definition) is 1. The van der Waals surface area contributed by atoms with Crippen LogP contribution in [-0.2, 0) is 17.1 Å². The molecule has 1 aromatic rings. The van der Waals surface area contributed by atoms with Crippen molar-refractivity contribution in [2.75, 3.05) is 26.2 Å². The van der Waals surface area contributed by atoms with Gasteiger partial charge in [0.25, 0.3) is 10.0 Å². The molecule has 0 radical (unpaired) electrons. The molecule has 0 unspecified atom stereocenters. The molecule has 1 aromatic heterocycles. The first-order valence-electron chi connectivity index (χ1n) is 7.24. The van der Waals surface area contributed by atoms with Gasteiger partial charge in [0.1, 0.15) is 0 Å². The zero-order valence-corrected chi connectivity index (χ0v) is 13.1. The van der Waals surface area contributed by atoms with Gasteiger partial charge in [0.2, 0.25) is 0 Å². The van der Waals surface area contributed by atoms with Crippen LogP contribution in [-0.4, -0.2) is 48.7 Å². The molecule has 1 aliphatic rings. The Bertz CT molecular complexity index is 520. The molecule has 1 N–H and O–H groups in total. The van der Waals surface area contributed by atoms with Crippen LogP contribution in [0.25, 0.3) is 0 Å². The molecule has 1 saturated heterocycles. The second-order valence-corrected chi connectivity index (χ2v) is 7.23. The quantitative estimate of drug-likeness (QED) is 0.844. The highest BCUT2D eigenvalue weighted by atomic mass is 32.2. The van der Waals surface area contributed by atoms with E-state index in [0.29, 0.717) is 19.0 Å². The lowest BCUT2D eigenvalue weighted by molar-refractivity contribution is 0.287. The van der Waals surface area contributed by atoms with Crippen LogP contribution in [0.1, 0.15) is 26.2 Å². The van der Waals surface area contributed by atoms with Crippen molar-refractivity contribution in [1.82, 2.24) is 19.4 Å². The molecule has 0 aliphatic carbocycles. The summed E-state index contributed by atoms with van der Waals surface area (Å²) in [7, 11) is -1.77. The molecule has 0 amide bonds. The van der Waals surface area contributed by atoms with Crippen molar-refractivity contribution < 1.29 is 8.42 Å². The minimum Gasteiger partial charge on any atom is -0.317 e. The molecule has 2 heterocycles. The van der Waals surface area contributed by atoms with Crippen molar-refractivity contribution in [2.24, 2.45) is 13.0 Å². The molecule has 7 heteroatoms. The number of nitrogens with zero attached hydrogens (tertiary/aromatic N) is 3. The SMILES string of the molecule is CCCN(CC1CCNCC1)S(=O)(=O)c1ccnn1C. The Morgan fingerprint density at radius 3 is 2.70 bits per heavy atom. The largest absolute Gasteiger partial charge is 0.317 e. The van der Waals surface area contributed by atoms with E-state index in [-0.39, 0.29) is 5.03 Å². The van der Waals surface area contributed by atoms with Crippen molar-refractivity contribution in [3.05, 3.63) is 12.3 Å². The highest BCUT2D eigenvalue weighted by molar-refractivity contribution is 7.89. The summed E-state index contributed by atoms with van der Waals surface area (Å²) in [5, 5.41) is 7.56. The van der Waals surface area contributed by atoms with E-state index in [9.17, 15) is 8.42 Å². The van der Waals surface area contributed by atoms with Gasteiger partial charge in [-0.1, -0.05) is 6.92 Å². The smallest absolute Gasteiger partial charge is 0.260 e. The normalized spacial score (nSPS) is 17.8. The Kier molecular flexibility index (Phi) is 5.17. The van der Waals surface area contributed by atoms with Gasteiger partial charge < -0.3 is 5.32 Å². The van der Waals surface area contributed by atoms with E-state index in [4.69, 9.17) is 0 Å². The summed E-state index contributed by atoms with van der Waals surface area (Å²) in [5.41, 5.74) is 0. The van der Waals surface area contributed by atoms with Crippen molar-refractivity contribution in [2.45, 2.75) is 31.2 Å². The van der Waals surface area contributed by atoms with Crippen LogP contribution in [0.2, 0.25) is 0 Å². The van der Waals surface area contributed by atoms with Crippen LogP contribution in [0.3, 0.4) is 0 Å². The molecule has 0 spiro atoms. The first-order valence-corrected chi connectivity index (χ1v) is 8.68. The fraction of sp³-hybridized carbons (Fsp3) is 0.769. The summed E-state index contributed by atoms with van der Waals surface area (Å²) in [5.74, 6) is 0.450. The fourth-order valence-corrected chi connectivity index (χ4v) is 4.37. The van der Waals surface area contributed by atoms with Crippen LogP contribution in [0.5, 0.6) is 0 Å². The van der Waals surface area contributed by atoms with Crippen LogP contribution < -0.4 is 5.32 Å². The predicted molar refractivity (Wildman–Crippen MR) is 77.9 cm³/mol. The van der Waals surface area contributed by atoms with E-state index in [1.165, 1.54) is 10.9 Å². The van der Waals surface area contributed by atoms with Crippen LogP contribution >= 0.6 is 0 Å². The number of sulfonamides is 1. The third kappa shape index (κ3) is 3.39. The van der Waals surface area contributed by atoms with Crippen LogP contribution in [0, 0.1) is 5.92 Å². The Morgan fingerprint density at radius 2 is 2.15 bits per heavy atom. The second kappa shape index (κ2) is 6.69. The standard InChI is InChI=1S/C13H24N4O2S/c1-3-10-17(11-12-4-7-14-8-5-12)20(18,19)13-6-9-15-16(13)2/h6,9,12,14H,3-5,7-8,10-11H2,1-2H3. The zero-order chi connectivity index (χ0) is 14.6. The summed E-state index contributed by atoms with van der Waals surface area (Å²) in [4.78, 5) is 0. The average molecular weight is 300 g/mol. The van der Waals surface area contributed by atoms with E-state index >= 15 is 0 Å².